The summed E-state index contributed by atoms with van der Waals surface area (Å²) in [6.45, 7) is 0. The van der Waals surface area contributed by atoms with Crippen LogP contribution in [-0.4, -0.2) is 14.9 Å². The van der Waals surface area contributed by atoms with Gasteiger partial charge in [-0.15, -0.1) is 5.10 Å². The lowest BCUT2D eigenvalue weighted by molar-refractivity contribution is 0.622. The lowest BCUT2D eigenvalue weighted by Crippen LogP contribution is -2.23. The van der Waals surface area contributed by atoms with E-state index in [0.717, 1.165) is 5.56 Å². The smallest absolute Gasteiger partial charge is 0.139 e. The van der Waals surface area contributed by atoms with Crippen LogP contribution in [0.25, 0.3) is 10.8 Å². The Balaban J connectivity index is 1.77. The van der Waals surface area contributed by atoms with Crippen molar-refractivity contribution < 1.29 is 0 Å². The molecule has 0 saturated carbocycles. The molecule has 0 saturated heterocycles. The SMILES string of the molecule is Clc1ccc(CC(Nn2cncn2)c2cccc3ccccc23)c(Cl)c1. The Labute approximate surface area is 161 Å². The van der Waals surface area contributed by atoms with E-state index in [4.69, 9.17) is 23.2 Å². The lowest BCUT2D eigenvalue weighted by Gasteiger charge is -2.22. The highest BCUT2D eigenvalue weighted by Gasteiger charge is 2.17. The van der Waals surface area contributed by atoms with Crippen LogP contribution in [0.2, 0.25) is 10.0 Å². The highest BCUT2D eigenvalue weighted by atomic mass is 35.5. The van der Waals surface area contributed by atoms with Gasteiger partial charge in [-0.1, -0.05) is 71.7 Å². The molecular formula is C20H16Cl2N4. The standard InChI is InChI=1S/C20H16Cl2N4/c21-16-9-8-15(19(22)11-16)10-20(25-26-13-23-12-24-26)18-7-3-5-14-4-1-2-6-17(14)18/h1-9,11-13,20,25H,10H2. The molecule has 1 heterocycles. The van der Waals surface area contributed by atoms with Gasteiger partial charge in [0.25, 0.3) is 0 Å². The van der Waals surface area contributed by atoms with Gasteiger partial charge in [0.05, 0.1) is 6.04 Å². The summed E-state index contributed by atoms with van der Waals surface area (Å²) < 4.78 is 0. The zero-order chi connectivity index (χ0) is 17.9. The second kappa shape index (κ2) is 7.36. The molecule has 0 spiro atoms. The Bertz CT molecular complexity index is 1030. The van der Waals surface area contributed by atoms with E-state index in [9.17, 15) is 0 Å². The topological polar surface area (TPSA) is 42.7 Å². The van der Waals surface area contributed by atoms with Gasteiger partial charge in [0, 0.05) is 10.0 Å². The van der Waals surface area contributed by atoms with Gasteiger partial charge >= 0.3 is 0 Å². The summed E-state index contributed by atoms with van der Waals surface area (Å²) in [6, 6.07) is 20.2. The minimum atomic E-state index is -0.0403. The van der Waals surface area contributed by atoms with Crippen molar-refractivity contribution in [2.24, 2.45) is 0 Å². The van der Waals surface area contributed by atoms with Gasteiger partial charge in [-0.25, -0.2) is 4.98 Å². The predicted molar refractivity (Wildman–Crippen MR) is 106 cm³/mol. The Morgan fingerprint density at radius 1 is 1.00 bits per heavy atom. The van der Waals surface area contributed by atoms with E-state index in [1.54, 1.807) is 17.2 Å². The maximum Gasteiger partial charge on any atom is 0.139 e. The van der Waals surface area contributed by atoms with E-state index >= 15 is 0 Å². The van der Waals surface area contributed by atoms with Crippen molar-refractivity contribution in [3.05, 3.63) is 94.5 Å². The fourth-order valence-electron chi connectivity index (χ4n) is 3.12. The van der Waals surface area contributed by atoms with Gasteiger partial charge in [0.15, 0.2) is 0 Å². The summed E-state index contributed by atoms with van der Waals surface area (Å²) in [5.74, 6) is 0. The second-order valence-corrected chi connectivity index (χ2v) is 6.87. The highest BCUT2D eigenvalue weighted by Crippen LogP contribution is 2.30. The Morgan fingerprint density at radius 3 is 2.65 bits per heavy atom. The van der Waals surface area contributed by atoms with Crippen molar-refractivity contribution >= 4 is 34.0 Å². The van der Waals surface area contributed by atoms with Crippen molar-refractivity contribution in [1.82, 2.24) is 14.9 Å². The summed E-state index contributed by atoms with van der Waals surface area (Å²) in [7, 11) is 0. The van der Waals surface area contributed by atoms with Crippen LogP contribution in [0.4, 0.5) is 0 Å². The first-order chi connectivity index (χ1) is 12.7. The van der Waals surface area contributed by atoms with E-state index in [1.165, 1.54) is 22.7 Å². The summed E-state index contributed by atoms with van der Waals surface area (Å²) in [5, 5.41) is 7.85. The average Bonchev–Trinajstić information content (AvgIpc) is 3.16. The number of nitrogens with one attached hydrogen (secondary N) is 1. The summed E-state index contributed by atoms with van der Waals surface area (Å²) in [4.78, 5) is 5.63. The number of hydrogen-bond acceptors (Lipinski definition) is 3. The molecule has 0 amide bonds. The fourth-order valence-corrected chi connectivity index (χ4v) is 3.61. The van der Waals surface area contributed by atoms with Crippen LogP contribution in [0.1, 0.15) is 17.2 Å². The quantitative estimate of drug-likeness (QED) is 0.511. The molecule has 0 aliphatic heterocycles. The van der Waals surface area contributed by atoms with Gasteiger partial charge in [-0.05, 0) is 40.5 Å². The first kappa shape index (κ1) is 16.9. The minimum absolute atomic E-state index is 0.0403. The van der Waals surface area contributed by atoms with Crippen LogP contribution in [0, 0.1) is 0 Å². The third kappa shape index (κ3) is 3.52. The number of fused-ring (bicyclic) bond motifs is 1. The maximum absolute atomic E-state index is 6.41. The summed E-state index contributed by atoms with van der Waals surface area (Å²) >= 11 is 12.5. The van der Waals surface area contributed by atoms with E-state index < -0.39 is 0 Å². The van der Waals surface area contributed by atoms with Crippen LogP contribution in [0.5, 0.6) is 0 Å². The molecule has 0 fully saturated rings. The molecule has 1 atom stereocenters. The first-order valence-corrected chi connectivity index (χ1v) is 8.99. The minimum Gasteiger partial charge on any atom is -0.301 e. The largest absolute Gasteiger partial charge is 0.301 e. The molecule has 0 bridgehead atoms. The molecule has 4 aromatic rings. The average molecular weight is 383 g/mol. The van der Waals surface area contributed by atoms with Crippen LogP contribution in [0.3, 0.4) is 0 Å². The maximum atomic E-state index is 6.41. The Morgan fingerprint density at radius 2 is 1.85 bits per heavy atom. The van der Waals surface area contributed by atoms with Crippen LogP contribution in [-0.2, 0) is 6.42 Å². The predicted octanol–water partition coefficient (Wildman–Crippen LogP) is 5.27. The van der Waals surface area contributed by atoms with Gasteiger partial charge in [0.1, 0.15) is 12.7 Å². The zero-order valence-corrected chi connectivity index (χ0v) is 15.3. The monoisotopic (exact) mass is 382 g/mol. The summed E-state index contributed by atoms with van der Waals surface area (Å²) in [6.07, 6.45) is 3.83. The fraction of sp³-hybridized carbons (Fsp3) is 0.100. The molecule has 6 heteroatoms. The van der Waals surface area contributed by atoms with Crippen molar-refractivity contribution in [1.29, 1.82) is 0 Å². The molecule has 1 unspecified atom stereocenters. The molecule has 0 aliphatic rings. The van der Waals surface area contributed by atoms with Crippen molar-refractivity contribution in [3.63, 3.8) is 0 Å². The molecule has 0 radical (unpaired) electrons. The second-order valence-electron chi connectivity index (χ2n) is 6.03. The van der Waals surface area contributed by atoms with Crippen LogP contribution < -0.4 is 5.43 Å². The molecule has 0 aliphatic carbocycles. The van der Waals surface area contributed by atoms with Gasteiger partial charge in [-0.3, -0.25) is 0 Å². The highest BCUT2D eigenvalue weighted by molar-refractivity contribution is 6.35. The molecule has 1 N–H and O–H groups in total. The number of halogens is 2. The number of nitrogens with zero attached hydrogens (tertiary/aromatic N) is 3. The third-order valence-corrected chi connectivity index (χ3v) is 4.93. The van der Waals surface area contributed by atoms with Gasteiger partial charge in [0.2, 0.25) is 0 Å². The molecule has 130 valence electrons. The van der Waals surface area contributed by atoms with E-state index in [0.29, 0.717) is 16.5 Å². The van der Waals surface area contributed by atoms with Crippen molar-refractivity contribution in [2.75, 3.05) is 5.43 Å². The molecule has 4 rings (SSSR count). The van der Waals surface area contributed by atoms with E-state index in [2.05, 4.69) is 45.8 Å². The van der Waals surface area contributed by atoms with Crippen molar-refractivity contribution in [2.45, 2.75) is 12.5 Å². The Hall–Kier alpha value is -2.56. The summed E-state index contributed by atoms with van der Waals surface area (Å²) in [5.41, 5.74) is 5.60. The van der Waals surface area contributed by atoms with E-state index in [-0.39, 0.29) is 6.04 Å². The number of aromatic nitrogens is 3. The number of benzene rings is 3. The molecular weight excluding hydrogens is 367 g/mol. The third-order valence-electron chi connectivity index (χ3n) is 4.34. The molecule has 4 nitrogen and oxygen atoms in total. The van der Waals surface area contributed by atoms with Crippen LogP contribution in [0.15, 0.2) is 73.3 Å². The molecule has 3 aromatic carbocycles. The number of rotatable bonds is 5. The molecule has 1 aromatic heterocycles. The van der Waals surface area contributed by atoms with Gasteiger partial charge in [-0.2, -0.15) is 4.79 Å². The molecule has 26 heavy (non-hydrogen) atoms. The first-order valence-electron chi connectivity index (χ1n) is 8.23. The van der Waals surface area contributed by atoms with Gasteiger partial charge < -0.3 is 5.43 Å². The normalized spacial score (nSPS) is 12.2. The van der Waals surface area contributed by atoms with Crippen molar-refractivity contribution in [3.8, 4) is 0 Å². The Kier molecular flexibility index (Phi) is 4.78. The van der Waals surface area contributed by atoms with E-state index in [1.807, 2.05) is 24.3 Å². The lowest BCUT2D eigenvalue weighted by atomic mass is 9.94. The number of hydrogen-bond donors (Lipinski definition) is 1. The zero-order valence-electron chi connectivity index (χ0n) is 13.8. The van der Waals surface area contributed by atoms with Crippen LogP contribution >= 0.6 is 23.2 Å².